The number of carbonyl (C=O) groups is 4. The number of benzene rings is 1. The molecule has 0 aliphatic heterocycles. The number of amides is 3. The minimum atomic E-state index is -1.14. The average molecular weight is 779 g/mol. The number of carboxylic acid groups (broad SMARTS) is 1. The van der Waals surface area contributed by atoms with Crippen LogP contribution in [0.4, 0.5) is 5.69 Å². The van der Waals surface area contributed by atoms with Crippen LogP contribution < -0.4 is 16.0 Å². The van der Waals surface area contributed by atoms with Gasteiger partial charge in [0.2, 0.25) is 6.41 Å². The third-order valence-corrected chi connectivity index (χ3v) is 6.63. The van der Waals surface area contributed by atoms with Crippen molar-refractivity contribution in [2.24, 2.45) is 0 Å². The molecule has 2 unspecified atom stereocenters. The molecule has 0 aromatic heterocycles. The van der Waals surface area contributed by atoms with Crippen LogP contribution in [0.15, 0.2) is 0 Å². The summed E-state index contributed by atoms with van der Waals surface area (Å²) in [4.78, 5) is 44.6. The van der Waals surface area contributed by atoms with Gasteiger partial charge in [0.05, 0.1) is 49.4 Å². The molecule has 0 fully saturated rings. The maximum atomic E-state index is 12.6. The molecule has 174 valence electrons. The Labute approximate surface area is 217 Å². The largest absolute Gasteiger partial charge is 0.483 e. The molecule has 8 N–H and O–H groups in total. The van der Waals surface area contributed by atoms with Crippen LogP contribution in [0.3, 0.4) is 0 Å². The lowest BCUT2D eigenvalue weighted by molar-refractivity contribution is -0.122. The van der Waals surface area contributed by atoms with E-state index in [4.69, 9.17) is 20.1 Å². The highest BCUT2D eigenvalue weighted by molar-refractivity contribution is 14.1. The first kappa shape index (κ1) is 30.1. The fourth-order valence-corrected chi connectivity index (χ4v) is 6.43. The number of hydrogen-bond acceptors (Lipinski definition) is 8. The van der Waals surface area contributed by atoms with Crippen molar-refractivity contribution in [3.63, 3.8) is 0 Å². The van der Waals surface area contributed by atoms with Crippen molar-refractivity contribution in [2.75, 3.05) is 31.6 Å². The molecule has 0 bridgehead atoms. The maximum Gasteiger partial charge on any atom is 0.290 e. The third-order valence-electron chi connectivity index (χ3n) is 3.39. The first-order valence-electron chi connectivity index (χ1n) is 8.23. The van der Waals surface area contributed by atoms with Gasteiger partial charge in [-0.25, -0.2) is 0 Å². The topological polar surface area (TPSA) is 206 Å². The summed E-state index contributed by atoms with van der Waals surface area (Å²) in [5.74, 6) is -1.20. The van der Waals surface area contributed by atoms with Crippen molar-refractivity contribution in [3.05, 3.63) is 21.8 Å². The van der Waals surface area contributed by atoms with Crippen molar-refractivity contribution < 1.29 is 44.7 Å². The van der Waals surface area contributed by atoms with E-state index in [-0.39, 0.29) is 36.4 Å². The van der Waals surface area contributed by atoms with E-state index in [0.717, 1.165) is 0 Å². The lowest BCUT2D eigenvalue weighted by Crippen LogP contribution is -2.37. The lowest BCUT2D eigenvalue weighted by Gasteiger charge is -2.19. The number of rotatable bonds is 10. The summed E-state index contributed by atoms with van der Waals surface area (Å²) in [5, 5.41) is 50.9. The molecule has 12 nitrogen and oxygen atoms in total. The molecule has 1 rings (SSSR count). The molecule has 0 heterocycles. The van der Waals surface area contributed by atoms with E-state index in [1.807, 2.05) is 67.8 Å². The molecule has 1 aromatic carbocycles. The van der Waals surface area contributed by atoms with Crippen LogP contribution in [0.5, 0.6) is 0 Å². The van der Waals surface area contributed by atoms with Crippen LogP contribution in [0, 0.1) is 10.7 Å². The second-order valence-electron chi connectivity index (χ2n) is 5.53. The summed E-state index contributed by atoms with van der Waals surface area (Å²) in [5.41, 5.74) is 0.491. The Kier molecular flexibility index (Phi) is 15.4. The Morgan fingerprint density at radius 2 is 1.19 bits per heavy atom. The van der Waals surface area contributed by atoms with E-state index in [2.05, 4.69) is 16.0 Å². The SMILES string of the molecule is O=CNc1c(I)c(C(=O)NCC(O)CO)c(I)c(C(=O)NCC(O)CO)c1I.O=CO. The Bertz CT molecular complexity index is 742. The molecular formula is C16H20I3N3O9. The molecule has 0 saturated carbocycles. The van der Waals surface area contributed by atoms with Crippen LogP contribution in [0.1, 0.15) is 20.7 Å². The zero-order valence-electron chi connectivity index (χ0n) is 15.6. The van der Waals surface area contributed by atoms with Gasteiger partial charge in [0.25, 0.3) is 18.3 Å². The summed E-state index contributed by atoms with van der Waals surface area (Å²) < 4.78 is 1.08. The van der Waals surface area contributed by atoms with Gasteiger partial charge >= 0.3 is 0 Å². The number of hydrogen-bond donors (Lipinski definition) is 8. The number of anilines is 1. The highest BCUT2D eigenvalue weighted by Gasteiger charge is 2.28. The van der Waals surface area contributed by atoms with Gasteiger partial charge in [-0.05, 0) is 67.8 Å². The highest BCUT2D eigenvalue weighted by Crippen LogP contribution is 2.35. The number of aliphatic hydroxyl groups excluding tert-OH is 4. The quantitative estimate of drug-likeness (QED) is 0.108. The average Bonchev–Trinajstić information content (AvgIpc) is 2.73. The molecule has 0 spiro atoms. The van der Waals surface area contributed by atoms with Gasteiger partial charge in [0.15, 0.2) is 0 Å². The van der Waals surface area contributed by atoms with Gasteiger partial charge in [-0.2, -0.15) is 0 Å². The summed E-state index contributed by atoms with van der Waals surface area (Å²) in [6, 6.07) is 0. The van der Waals surface area contributed by atoms with Crippen molar-refractivity contribution in [1.29, 1.82) is 0 Å². The van der Waals surface area contributed by atoms with E-state index < -0.39 is 37.2 Å². The maximum absolute atomic E-state index is 12.6. The Morgan fingerprint density at radius 3 is 1.48 bits per heavy atom. The fraction of sp³-hybridized carbons (Fsp3) is 0.375. The van der Waals surface area contributed by atoms with Crippen molar-refractivity contribution >= 4 is 98.2 Å². The monoisotopic (exact) mass is 779 g/mol. The van der Waals surface area contributed by atoms with Gasteiger partial charge in [-0.15, -0.1) is 0 Å². The summed E-state index contributed by atoms with van der Waals surface area (Å²) in [6.45, 7) is -1.71. The molecule has 0 radical (unpaired) electrons. The van der Waals surface area contributed by atoms with Crippen molar-refractivity contribution in [3.8, 4) is 0 Å². The van der Waals surface area contributed by atoms with E-state index in [0.29, 0.717) is 17.1 Å². The normalized spacial score (nSPS) is 12.0. The molecule has 2 atom stereocenters. The Balaban J connectivity index is 0.00000282. The molecule has 1 aromatic rings. The molecule has 0 saturated heterocycles. The van der Waals surface area contributed by atoms with E-state index in [1.54, 1.807) is 0 Å². The van der Waals surface area contributed by atoms with Crippen molar-refractivity contribution in [2.45, 2.75) is 12.2 Å². The lowest BCUT2D eigenvalue weighted by atomic mass is 10.1. The van der Waals surface area contributed by atoms with Crippen LogP contribution in [-0.2, 0) is 9.59 Å². The minimum Gasteiger partial charge on any atom is -0.483 e. The predicted molar refractivity (Wildman–Crippen MR) is 134 cm³/mol. The molecule has 0 aliphatic carbocycles. The predicted octanol–water partition coefficient (Wildman–Crippen LogP) is -1.06. The zero-order valence-corrected chi connectivity index (χ0v) is 22.1. The van der Waals surface area contributed by atoms with Crippen molar-refractivity contribution in [1.82, 2.24) is 10.6 Å². The molecule has 15 heteroatoms. The zero-order chi connectivity index (χ0) is 24.1. The van der Waals surface area contributed by atoms with E-state index in [1.165, 1.54) is 0 Å². The van der Waals surface area contributed by atoms with Crippen LogP contribution in [0.25, 0.3) is 0 Å². The van der Waals surface area contributed by atoms with E-state index >= 15 is 0 Å². The molecule has 0 aliphatic rings. The summed E-state index contributed by atoms with van der Waals surface area (Å²) in [6.07, 6.45) is -1.86. The van der Waals surface area contributed by atoms with Crippen LogP contribution in [0.2, 0.25) is 0 Å². The Morgan fingerprint density at radius 1 is 0.839 bits per heavy atom. The molecular weight excluding hydrogens is 759 g/mol. The fourth-order valence-electron chi connectivity index (χ4n) is 1.98. The smallest absolute Gasteiger partial charge is 0.290 e. The Hall–Kier alpha value is -0.870. The number of carbonyl (C=O) groups excluding carboxylic acids is 3. The second kappa shape index (κ2) is 15.9. The van der Waals surface area contributed by atoms with Crippen LogP contribution >= 0.6 is 67.8 Å². The minimum absolute atomic E-state index is 0.115. The summed E-state index contributed by atoms with van der Waals surface area (Å²) in [7, 11) is 0. The van der Waals surface area contributed by atoms with Gasteiger partial charge < -0.3 is 41.5 Å². The van der Waals surface area contributed by atoms with Gasteiger partial charge in [-0.1, -0.05) is 0 Å². The standard InChI is InChI=1S/C15H18I3N3O7.CH2O2/c16-10-8(14(27)19-1-6(25)3-22)11(17)13(21-5-24)12(18)9(10)15(28)20-2-7(26)4-23;2-1-3/h5-7,22-23,25-26H,1-4H2,(H,19,27)(H,20,28)(H,21,24);1H,(H,2,3). The van der Waals surface area contributed by atoms with E-state index in [9.17, 15) is 24.6 Å². The van der Waals surface area contributed by atoms with Gasteiger partial charge in [0.1, 0.15) is 0 Å². The first-order valence-corrected chi connectivity index (χ1v) is 11.5. The molecule has 31 heavy (non-hydrogen) atoms. The second-order valence-corrected chi connectivity index (χ2v) is 8.76. The highest BCUT2D eigenvalue weighted by atomic mass is 127. The molecule has 3 amide bonds. The van der Waals surface area contributed by atoms with Gasteiger partial charge in [-0.3, -0.25) is 19.2 Å². The van der Waals surface area contributed by atoms with Crippen LogP contribution in [-0.4, -0.2) is 88.7 Å². The van der Waals surface area contributed by atoms with Gasteiger partial charge in [0, 0.05) is 16.7 Å². The number of aliphatic hydroxyl groups is 4. The third kappa shape index (κ3) is 9.26. The summed E-state index contributed by atoms with van der Waals surface area (Å²) >= 11 is 5.56. The number of nitrogens with one attached hydrogen (secondary N) is 3. The number of halogens is 3. The first-order chi connectivity index (χ1) is 14.6.